The molecule has 130 valence electrons. The van der Waals surface area contributed by atoms with Crippen LogP contribution in [-0.4, -0.2) is 41.5 Å². The average Bonchev–Trinajstić information content (AvgIpc) is 2.63. The predicted molar refractivity (Wildman–Crippen MR) is 92.5 cm³/mol. The van der Waals surface area contributed by atoms with Crippen molar-refractivity contribution < 1.29 is 14.3 Å². The van der Waals surface area contributed by atoms with Crippen LogP contribution in [0.5, 0.6) is 0 Å². The number of rotatable bonds is 4. The lowest BCUT2D eigenvalue weighted by Gasteiger charge is -2.38. The van der Waals surface area contributed by atoms with Crippen molar-refractivity contribution in [2.75, 3.05) is 13.7 Å². The molecule has 1 aliphatic rings. The number of nitrogens with one attached hydrogen (secondary N) is 1. The topological polar surface area (TPSA) is 71.5 Å². The number of ether oxygens (including phenoxy) is 1. The lowest BCUT2D eigenvalue weighted by Crippen LogP contribution is -2.52. The van der Waals surface area contributed by atoms with Gasteiger partial charge in [-0.2, -0.15) is 0 Å². The van der Waals surface area contributed by atoms with Crippen molar-refractivity contribution in [2.45, 2.75) is 25.6 Å². The third-order valence-corrected chi connectivity index (χ3v) is 4.35. The highest BCUT2D eigenvalue weighted by Crippen LogP contribution is 2.29. The summed E-state index contributed by atoms with van der Waals surface area (Å²) < 4.78 is 5.59. The fraction of sp³-hybridized carbons (Fsp3) is 0.316. The summed E-state index contributed by atoms with van der Waals surface area (Å²) in [6, 6.07) is 11.1. The highest BCUT2D eigenvalue weighted by molar-refractivity contribution is 5.86. The maximum absolute atomic E-state index is 12.7. The SMILES string of the molecule is Cc1ccc([C@@H]2[C@@H](C(=O)NCc3cccnc3)OCC(=O)N2C)cc1. The predicted octanol–water partition coefficient (Wildman–Crippen LogP) is 1.60. The molecule has 6 nitrogen and oxygen atoms in total. The summed E-state index contributed by atoms with van der Waals surface area (Å²) in [4.78, 5) is 30.4. The van der Waals surface area contributed by atoms with E-state index in [1.165, 1.54) is 0 Å². The maximum Gasteiger partial charge on any atom is 0.251 e. The van der Waals surface area contributed by atoms with Crippen LogP contribution in [0.3, 0.4) is 0 Å². The molecule has 1 fully saturated rings. The number of carbonyl (C=O) groups excluding carboxylic acids is 2. The smallest absolute Gasteiger partial charge is 0.251 e. The second-order valence-corrected chi connectivity index (χ2v) is 6.17. The van der Waals surface area contributed by atoms with Gasteiger partial charge in [0.2, 0.25) is 5.91 Å². The first kappa shape index (κ1) is 17.1. The summed E-state index contributed by atoms with van der Waals surface area (Å²) in [5.41, 5.74) is 2.90. The van der Waals surface area contributed by atoms with Crippen molar-refractivity contribution in [1.82, 2.24) is 15.2 Å². The number of aryl methyl sites for hydroxylation is 1. The molecular weight excluding hydrogens is 318 g/mol. The number of likely N-dealkylation sites (N-methyl/N-ethyl adjacent to an activating group) is 1. The average molecular weight is 339 g/mol. The molecule has 0 radical (unpaired) electrons. The lowest BCUT2D eigenvalue weighted by atomic mass is 9.96. The molecular formula is C19H21N3O3. The van der Waals surface area contributed by atoms with Crippen LogP contribution in [0.2, 0.25) is 0 Å². The van der Waals surface area contributed by atoms with Gasteiger partial charge in [-0.1, -0.05) is 35.9 Å². The summed E-state index contributed by atoms with van der Waals surface area (Å²) in [5, 5.41) is 2.87. The van der Waals surface area contributed by atoms with Crippen molar-refractivity contribution in [3.05, 3.63) is 65.5 Å². The van der Waals surface area contributed by atoms with Gasteiger partial charge < -0.3 is 15.0 Å². The zero-order valence-corrected chi connectivity index (χ0v) is 14.3. The number of pyridine rings is 1. The Morgan fingerprint density at radius 3 is 2.76 bits per heavy atom. The molecule has 25 heavy (non-hydrogen) atoms. The van der Waals surface area contributed by atoms with Gasteiger partial charge in [-0.15, -0.1) is 0 Å². The molecule has 2 amide bonds. The van der Waals surface area contributed by atoms with Crippen molar-refractivity contribution >= 4 is 11.8 Å². The van der Waals surface area contributed by atoms with Gasteiger partial charge in [0.05, 0.1) is 6.04 Å². The number of aromatic nitrogens is 1. The van der Waals surface area contributed by atoms with Gasteiger partial charge in [-0.25, -0.2) is 0 Å². The fourth-order valence-corrected chi connectivity index (χ4v) is 2.89. The van der Waals surface area contributed by atoms with E-state index in [2.05, 4.69) is 10.3 Å². The normalized spacial score (nSPS) is 20.4. The summed E-state index contributed by atoms with van der Waals surface area (Å²) in [6.45, 7) is 2.27. The van der Waals surface area contributed by atoms with Crippen LogP contribution < -0.4 is 5.32 Å². The highest BCUT2D eigenvalue weighted by Gasteiger charge is 2.39. The first-order valence-electron chi connectivity index (χ1n) is 8.16. The van der Waals surface area contributed by atoms with Crippen LogP contribution in [0.25, 0.3) is 0 Å². The van der Waals surface area contributed by atoms with Crippen LogP contribution in [0.4, 0.5) is 0 Å². The molecule has 1 saturated heterocycles. The highest BCUT2D eigenvalue weighted by atomic mass is 16.5. The quantitative estimate of drug-likeness (QED) is 0.918. The van der Waals surface area contributed by atoms with Crippen molar-refractivity contribution in [3.63, 3.8) is 0 Å². The van der Waals surface area contributed by atoms with Crippen molar-refractivity contribution in [3.8, 4) is 0 Å². The number of carbonyl (C=O) groups is 2. The first-order valence-corrected chi connectivity index (χ1v) is 8.16. The lowest BCUT2D eigenvalue weighted by molar-refractivity contribution is -0.162. The van der Waals surface area contributed by atoms with Crippen LogP contribution in [0, 0.1) is 6.92 Å². The number of hydrogen-bond donors (Lipinski definition) is 1. The van der Waals surface area contributed by atoms with Crippen LogP contribution >= 0.6 is 0 Å². The van der Waals surface area contributed by atoms with E-state index in [-0.39, 0.29) is 18.4 Å². The molecule has 2 aromatic rings. The number of hydrogen-bond acceptors (Lipinski definition) is 4. The van der Waals surface area contributed by atoms with Gasteiger partial charge in [0.15, 0.2) is 6.10 Å². The number of benzene rings is 1. The summed E-state index contributed by atoms with van der Waals surface area (Å²) >= 11 is 0. The summed E-state index contributed by atoms with van der Waals surface area (Å²) in [5.74, 6) is -0.379. The zero-order valence-electron chi connectivity index (χ0n) is 14.3. The second-order valence-electron chi connectivity index (χ2n) is 6.17. The Balaban J connectivity index is 1.78. The molecule has 0 saturated carbocycles. The molecule has 0 spiro atoms. The fourth-order valence-electron chi connectivity index (χ4n) is 2.89. The van der Waals surface area contributed by atoms with E-state index >= 15 is 0 Å². The molecule has 3 rings (SSSR count). The van der Waals surface area contributed by atoms with E-state index in [4.69, 9.17) is 4.74 Å². The molecule has 1 aromatic heterocycles. The van der Waals surface area contributed by atoms with Crippen LogP contribution in [0.15, 0.2) is 48.8 Å². The third-order valence-electron chi connectivity index (χ3n) is 4.35. The summed E-state index contributed by atoms with van der Waals surface area (Å²) in [6.07, 6.45) is 2.64. The molecule has 2 heterocycles. The zero-order chi connectivity index (χ0) is 17.8. The Hall–Kier alpha value is -2.73. The maximum atomic E-state index is 12.7. The number of amides is 2. The largest absolute Gasteiger partial charge is 0.356 e. The van der Waals surface area contributed by atoms with Gasteiger partial charge in [-0.05, 0) is 24.1 Å². The molecule has 1 aromatic carbocycles. The van der Waals surface area contributed by atoms with E-state index in [1.54, 1.807) is 24.3 Å². The summed E-state index contributed by atoms with van der Waals surface area (Å²) in [7, 11) is 1.71. The molecule has 1 N–H and O–H groups in total. The van der Waals surface area contributed by atoms with Gasteiger partial charge in [0.1, 0.15) is 6.61 Å². The van der Waals surface area contributed by atoms with Gasteiger partial charge >= 0.3 is 0 Å². The molecule has 0 aliphatic carbocycles. The Morgan fingerprint density at radius 2 is 2.08 bits per heavy atom. The minimum absolute atomic E-state index is 0.0934. The minimum atomic E-state index is -0.748. The Morgan fingerprint density at radius 1 is 1.32 bits per heavy atom. The van der Waals surface area contributed by atoms with Crippen LogP contribution in [0.1, 0.15) is 22.7 Å². The number of morpholine rings is 1. The minimum Gasteiger partial charge on any atom is -0.356 e. The standard InChI is InChI=1S/C19H21N3O3/c1-13-5-7-15(8-6-13)17-18(25-12-16(23)22(17)2)19(24)21-11-14-4-3-9-20-10-14/h3-10,17-18H,11-12H2,1-2H3,(H,21,24)/t17-,18+/m1/s1. The van der Waals surface area contributed by atoms with Crippen molar-refractivity contribution in [2.24, 2.45) is 0 Å². The Kier molecular flexibility index (Phi) is 5.09. The second kappa shape index (κ2) is 7.44. The van der Waals surface area contributed by atoms with E-state index in [0.29, 0.717) is 6.54 Å². The molecule has 2 atom stereocenters. The molecule has 6 heteroatoms. The first-order chi connectivity index (χ1) is 12.1. The van der Waals surface area contributed by atoms with Gasteiger partial charge in [0, 0.05) is 26.0 Å². The van der Waals surface area contributed by atoms with Gasteiger partial charge in [0.25, 0.3) is 5.91 Å². The van der Waals surface area contributed by atoms with E-state index < -0.39 is 12.1 Å². The van der Waals surface area contributed by atoms with Crippen molar-refractivity contribution in [1.29, 1.82) is 0 Å². The van der Waals surface area contributed by atoms with E-state index in [1.807, 2.05) is 43.3 Å². The molecule has 0 bridgehead atoms. The third kappa shape index (κ3) is 3.85. The Labute approximate surface area is 146 Å². The molecule has 1 aliphatic heterocycles. The van der Waals surface area contributed by atoms with Gasteiger partial charge in [-0.3, -0.25) is 14.6 Å². The molecule has 0 unspecified atom stereocenters. The number of nitrogens with zero attached hydrogens (tertiary/aromatic N) is 2. The van der Waals surface area contributed by atoms with E-state index in [0.717, 1.165) is 16.7 Å². The Bertz CT molecular complexity index is 746. The van der Waals surface area contributed by atoms with Crippen LogP contribution in [-0.2, 0) is 20.9 Å². The monoisotopic (exact) mass is 339 g/mol. The van der Waals surface area contributed by atoms with E-state index in [9.17, 15) is 9.59 Å².